The summed E-state index contributed by atoms with van der Waals surface area (Å²) in [4.78, 5) is 0.147. The quantitative estimate of drug-likeness (QED) is 0.665. The van der Waals surface area contributed by atoms with Gasteiger partial charge in [-0.3, -0.25) is 0 Å². The molecule has 1 aliphatic heterocycles. The van der Waals surface area contributed by atoms with Gasteiger partial charge in [-0.2, -0.15) is 0 Å². The van der Waals surface area contributed by atoms with Gasteiger partial charge in [-0.25, -0.2) is 16.8 Å². The molecule has 2 atom stereocenters. The lowest BCUT2D eigenvalue weighted by Crippen LogP contribution is -2.44. The van der Waals surface area contributed by atoms with Gasteiger partial charge in [-0.05, 0) is 42.8 Å². The van der Waals surface area contributed by atoms with Gasteiger partial charge in [-0.15, -0.1) is 0 Å². The third-order valence-corrected chi connectivity index (χ3v) is 9.21. The number of nitrogens with one attached hydrogen (secondary N) is 1. The zero-order valence-corrected chi connectivity index (χ0v) is 18.0. The second-order valence-corrected chi connectivity index (χ2v) is 11.3. The van der Waals surface area contributed by atoms with Crippen LogP contribution in [0.2, 0.25) is 0 Å². The minimum absolute atomic E-state index is 0.147. The highest BCUT2D eigenvalue weighted by Gasteiger charge is 2.45. The Morgan fingerprint density at radius 1 is 1.00 bits per heavy atom. The summed E-state index contributed by atoms with van der Waals surface area (Å²) in [6, 6.07) is 12.9. The SMILES string of the molecule is COc1ccc(CCNC2CS(=O)(=O)CC2S(=O)(=O)c2ccccc2)cc1OC. The first-order chi connectivity index (χ1) is 13.8. The molecule has 1 fully saturated rings. The monoisotopic (exact) mass is 439 g/mol. The van der Waals surface area contributed by atoms with Crippen molar-refractivity contribution in [3.63, 3.8) is 0 Å². The Bertz CT molecular complexity index is 1050. The highest BCUT2D eigenvalue weighted by Crippen LogP contribution is 2.28. The molecule has 29 heavy (non-hydrogen) atoms. The molecule has 1 N–H and O–H groups in total. The molecule has 0 aromatic heterocycles. The zero-order chi connectivity index (χ0) is 21.1. The van der Waals surface area contributed by atoms with Gasteiger partial charge in [-0.1, -0.05) is 24.3 Å². The number of benzene rings is 2. The topological polar surface area (TPSA) is 98.8 Å². The molecule has 0 aliphatic carbocycles. The summed E-state index contributed by atoms with van der Waals surface area (Å²) in [5, 5.41) is 2.15. The highest BCUT2D eigenvalue weighted by atomic mass is 32.2. The third kappa shape index (κ3) is 4.91. The van der Waals surface area contributed by atoms with Crippen molar-refractivity contribution in [1.82, 2.24) is 5.32 Å². The predicted octanol–water partition coefficient (Wildman–Crippen LogP) is 1.48. The molecule has 0 spiro atoms. The largest absolute Gasteiger partial charge is 0.493 e. The van der Waals surface area contributed by atoms with E-state index in [1.54, 1.807) is 38.5 Å². The summed E-state index contributed by atoms with van der Waals surface area (Å²) in [5.41, 5.74) is 0.971. The summed E-state index contributed by atoms with van der Waals surface area (Å²) < 4.78 is 60.8. The molecule has 0 amide bonds. The number of hydrogen-bond donors (Lipinski definition) is 1. The van der Waals surface area contributed by atoms with Gasteiger partial charge in [0.2, 0.25) is 0 Å². The van der Waals surface area contributed by atoms with E-state index in [9.17, 15) is 16.8 Å². The molecule has 2 aromatic carbocycles. The number of hydrogen-bond acceptors (Lipinski definition) is 7. The number of ether oxygens (including phenoxy) is 2. The molecule has 3 rings (SSSR count). The van der Waals surface area contributed by atoms with Crippen molar-refractivity contribution in [3.8, 4) is 11.5 Å². The molecular weight excluding hydrogens is 414 g/mol. The first kappa shape index (κ1) is 21.6. The Morgan fingerprint density at radius 3 is 2.34 bits per heavy atom. The van der Waals surface area contributed by atoms with Crippen molar-refractivity contribution in [2.45, 2.75) is 22.6 Å². The van der Waals surface area contributed by atoms with Gasteiger partial charge in [0.15, 0.2) is 31.2 Å². The summed E-state index contributed by atoms with van der Waals surface area (Å²) in [6.45, 7) is 0.441. The van der Waals surface area contributed by atoms with E-state index in [0.29, 0.717) is 24.5 Å². The summed E-state index contributed by atoms with van der Waals surface area (Å²) in [6.07, 6.45) is 0.592. The van der Waals surface area contributed by atoms with Crippen molar-refractivity contribution in [2.75, 3.05) is 32.3 Å². The third-order valence-electron chi connectivity index (χ3n) is 5.04. The van der Waals surface area contributed by atoms with E-state index < -0.39 is 31.0 Å². The maximum Gasteiger partial charge on any atom is 0.183 e. The van der Waals surface area contributed by atoms with Crippen LogP contribution in [0.15, 0.2) is 53.4 Å². The van der Waals surface area contributed by atoms with Crippen LogP contribution in [0.4, 0.5) is 0 Å². The van der Waals surface area contributed by atoms with Gasteiger partial charge >= 0.3 is 0 Å². The fraction of sp³-hybridized carbons (Fsp3) is 0.400. The molecule has 2 aromatic rings. The average Bonchev–Trinajstić information content (AvgIpc) is 3.03. The van der Waals surface area contributed by atoms with Gasteiger partial charge in [0.05, 0.1) is 35.9 Å². The van der Waals surface area contributed by atoms with Crippen LogP contribution in [-0.2, 0) is 26.1 Å². The first-order valence-electron chi connectivity index (χ1n) is 9.20. The van der Waals surface area contributed by atoms with Crippen molar-refractivity contribution in [1.29, 1.82) is 0 Å². The Balaban J connectivity index is 1.72. The maximum atomic E-state index is 13.0. The predicted molar refractivity (Wildman–Crippen MR) is 111 cm³/mol. The molecule has 1 heterocycles. The van der Waals surface area contributed by atoms with E-state index in [0.717, 1.165) is 5.56 Å². The lowest BCUT2D eigenvalue weighted by molar-refractivity contribution is 0.354. The number of rotatable bonds is 8. The standard InChI is InChI=1S/C20H25NO6S2/c1-26-18-9-8-15(12-19(18)27-2)10-11-21-17-13-28(22,23)14-20(17)29(24,25)16-6-4-3-5-7-16/h3-9,12,17,20-21H,10-11,13-14H2,1-2H3. The Hall–Kier alpha value is -2.10. The van der Waals surface area contributed by atoms with E-state index >= 15 is 0 Å². The molecule has 1 aliphatic rings. The van der Waals surface area contributed by atoms with Gasteiger partial charge < -0.3 is 14.8 Å². The van der Waals surface area contributed by atoms with Crippen molar-refractivity contribution in [3.05, 3.63) is 54.1 Å². The average molecular weight is 440 g/mol. The highest BCUT2D eigenvalue weighted by molar-refractivity contribution is 7.96. The summed E-state index contributed by atoms with van der Waals surface area (Å²) in [7, 11) is -4.06. The lowest BCUT2D eigenvalue weighted by atomic mass is 10.1. The van der Waals surface area contributed by atoms with Crippen LogP contribution in [-0.4, -0.2) is 60.4 Å². The van der Waals surface area contributed by atoms with Gasteiger partial charge in [0.25, 0.3) is 0 Å². The Labute approximate surface area is 171 Å². The Morgan fingerprint density at radius 2 is 1.69 bits per heavy atom. The normalized spacial score (nSPS) is 21.0. The van der Waals surface area contributed by atoms with E-state index in [1.165, 1.54) is 12.1 Å². The van der Waals surface area contributed by atoms with Gasteiger partial charge in [0.1, 0.15) is 0 Å². The van der Waals surface area contributed by atoms with Crippen LogP contribution >= 0.6 is 0 Å². The van der Waals surface area contributed by atoms with Crippen LogP contribution < -0.4 is 14.8 Å². The van der Waals surface area contributed by atoms with E-state index in [1.807, 2.05) is 12.1 Å². The van der Waals surface area contributed by atoms with Crippen LogP contribution in [0, 0.1) is 0 Å². The fourth-order valence-corrected chi connectivity index (χ4v) is 8.27. The Kier molecular flexibility index (Phi) is 6.50. The van der Waals surface area contributed by atoms with Crippen LogP contribution in [0.3, 0.4) is 0 Å². The molecule has 1 saturated heterocycles. The van der Waals surface area contributed by atoms with Crippen molar-refractivity contribution >= 4 is 19.7 Å². The summed E-state index contributed by atoms with van der Waals surface area (Å²) in [5.74, 6) is 0.687. The van der Waals surface area contributed by atoms with E-state index in [2.05, 4.69) is 5.32 Å². The molecule has 9 heteroatoms. The van der Waals surface area contributed by atoms with Crippen molar-refractivity contribution < 1.29 is 26.3 Å². The van der Waals surface area contributed by atoms with Gasteiger partial charge in [0, 0.05) is 6.04 Å². The molecule has 0 radical (unpaired) electrons. The molecule has 2 unspecified atom stereocenters. The lowest BCUT2D eigenvalue weighted by Gasteiger charge is -2.20. The molecular formula is C20H25NO6S2. The maximum absolute atomic E-state index is 13.0. The number of methoxy groups -OCH3 is 2. The minimum Gasteiger partial charge on any atom is -0.493 e. The molecule has 7 nitrogen and oxygen atoms in total. The smallest absolute Gasteiger partial charge is 0.183 e. The second kappa shape index (κ2) is 8.73. The van der Waals surface area contributed by atoms with Crippen LogP contribution in [0.5, 0.6) is 11.5 Å². The second-order valence-electron chi connectivity index (χ2n) is 6.97. The van der Waals surface area contributed by atoms with Crippen LogP contribution in [0.1, 0.15) is 5.56 Å². The number of sulfone groups is 2. The zero-order valence-electron chi connectivity index (χ0n) is 16.4. The van der Waals surface area contributed by atoms with E-state index in [4.69, 9.17) is 9.47 Å². The minimum atomic E-state index is -3.75. The molecule has 158 valence electrons. The van der Waals surface area contributed by atoms with Crippen LogP contribution in [0.25, 0.3) is 0 Å². The fourth-order valence-electron chi connectivity index (χ4n) is 3.53. The molecule has 0 saturated carbocycles. The first-order valence-corrected chi connectivity index (χ1v) is 12.6. The molecule has 0 bridgehead atoms. The van der Waals surface area contributed by atoms with E-state index in [-0.39, 0.29) is 16.4 Å². The van der Waals surface area contributed by atoms with Crippen molar-refractivity contribution in [2.24, 2.45) is 0 Å². The summed E-state index contributed by atoms with van der Waals surface area (Å²) >= 11 is 0.